The molecule has 2 fully saturated rings. The molecule has 3 rings (SSSR count). The highest BCUT2D eigenvalue weighted by atomic mass is 32.2. The summed E-state index contributed by atoms with van der Waals surface area (Å²) < 4.78 is 11.1. The molecule has 1 aromatic heterocycles. The summed E-state index contributed by atoms with van der Waals surface area (Å²) in [4.78, 5) is 4.44. The van der Waals surface area contributed by atoms with Crippen molar-refractivity contribution in [2.75, 3.05) is 18.8 Å². The molecule has 1 aromatic rings. The molecule has 1 unspecified atom stereocenters. The Hall–Kier alpha value is -0.590. The lowest BCUT2D eigenvalue weighted by Crippen LogP contribution is -2.32. The fourth-order valence-corrected chi connectivity index (χ4v) is 3.59. The van der Waals surface area contributed by atoms with Crippen LogP contribution in [0.3, 0.4) is 0 Å². The van der Waals surface area contributed by atoms with Crippen molar-refractivity contribution in [3.05, 3.63) is 11.7 Å². The van der Waals surface area contributed by atoms with E-state index in [1.54, 1.807) is 0 Å². The highest BCUT2D eigenvalue weighted by Crippen LogP contribution is 2.38. The minimum atomic E-state index is 0.336. The minimum absolute atomic E-state index is 0.336. The number of piperidine rings is 1. The Bertz CT molecular complexity index is 373. The molecule has 0 radical (unpaired) electrons. The Kier molecular flexibility index (Phi) is 4.17. The van der Waals surface area contributed by atoms with Crippen LogP contribution in [0, 0.1) is 0 Å². The summed E-state index contributed by atoms with van der Waals surface area (Å²) in [7, 11) is 0. The van der Waals surface area contributed by atoms with Gasteiger partial charge in [0.25, 0.3) is 5.89 Å². The summed E-state index contributed by atoms with van der Waals surface area (Å²) in [5, 5.41) is 7.81. The molecule has 2 aliphatic rings. The third-order valence-electron chi connectivity index (χ3n) is 3.43. The molecule has 1 atom stereocenters. The number of ether oxygens (including phenoxy) is 1. The Morgan fingerprint density at radius 1 is 1.33 bits per heavy atom. The Morgan fingerprint density at radius 3 is 3.00 bits per heavy atom. The van der Waals surface area contributed by atoms with Gasteiger partial charge in [-0.15, -0.1) is 0 Å². The van der Waals surface area contributed by atoms with Crippen LogP contribution < -0.4 is 5.32 Å². The van der Waals surface area contributed by atoms with Crippen LogP contribution in [0.5, 0.6) is 0 Å². The van der Waals surface area contributed by atoms with Crippen molar-refractivity contribution in [3.8, 4) is 0 Å². The molecule has 2 saturated heterocycles. The van der Waals surface area contributed by atoms with E-state index >= 15 is 0 Å². The molecule has 100 valence electrons. The molecule has 0 amide bonds. The number of hydrogen-bond acceptors (Lipinski definition) is 6. The second kappa shape index (κ2) is 6.04. The molecule has 6 heteroatoms. The summed E-state index contributed by atoms with van der Waals surface area (Å²) in [6.07, 6.45) is 4.89. The maximum atomic E-state index is 5.80. The summed E-state index contributed by atoms with van der Waals surface area (Å²) in [6, 6.07) is 0. The van der Waals surface area contributed by atoms with Crippen molar-refractivity contribution < 1.29 is 9.26 Å². The topological polar surface area (TPSA) is 60.2 Å². The van der Waals surface area contributed by atoms with Crippen LogP contribution in [0.4, 0.5) is 0 Å². The average Bonchev–Trinajstić information content (AvgIpc) is 3.08. The highest BCUT2D eigenvalue weighted by molar-refractivity contribution is 7.99. The number of thioether (sulfide) groups is 1. The molecule has 0 bridgehead atoms. The first kappa shape index (κ1) is 12.4. The third kappa shape index (κ3) is 3.05. The van der Waals surface area contributed by atoms with Crippen molar-refractivity contribution in [3.63, 3.8) is 0 Å². The lowest BCUT2D eigenvalue weighted by atomic mass is 10.1. The molecule has 0 saturated carbocycles. The molecular weight excluding hydrogens is 250 g/mol. The number of hydrogen-bond donors (Lipinski definition) is 1. The molecule has 5 nitrogen and oxygen atoms in total. The monoisotopic (exact) mass is 269 g/mol. The Labute approximate surface area is 111 Å². The third-order valence-corrected chi connectivity index (χ3v) is 4.80. The van der Waals surface area contributed by atoms with Crippen LogP contribution in [0.2, 0.25) is 0 Å². The van der Waals surface area contributed by atoms with Crippen LogP contribution in [0.15, 0.2) is 4.52 Å². The largest absolute Gasteiger partial charge is 0.368 e. The molecule has 2 aliphatic heterocycles. The van der Waals surface area contributed by atoms with Crippen molar-refractivity contribution in [1.29, 1.82) is 0 Å². The quantitative estimate of drug-likeness (QED) is 0.901. The Balaban J connectivity index is 1.50. The van der Waals surface area contributed by atoms with Gasteiger partial charge in [0.15, 0.2) is 5.82 Å². The first-order valence-corrected chi connectivity index (χ1v) is 7.73. The zero-order valence-corrected chi connectivity index (χ0v) is 11.2. The van der Waals surface area contributed by atoms with E-state index in [0.29, 0.717) is 23.9 Å². The summed E-state index contributed by atoms with van der Waals surface area (Å²) in [6.45, 7) is 2.53. The van der Waals surface area contributed by atoms with E-state index in [2.05, 4.69) is 15.5 Å². The van der Waals surface area contributed by atoms with Gasteiger partial charge in [0.2, 0.25) is 0 Å². The molecule has 0 aromatic carbocycles. The van der Waals surface area contributed by atoms with Gasteiger partial charge in [-0.3, -0.25) is 0 Å². The Morgan fingerprint density at radius 2 is 2.22 bits per heavy atom. The standard InChI is InChI=1S/C12H19N3O2S/c1-2-10(18-7-1)12-14-11(17-15-12)8-16-9-3-5-13-6-4-9/h9-10,13H,1-8H2. The molecule has 0 spiro atoms. The predicted octanol–water partition coefficient (Wildman–Crippen LogP) is 1.91. The second-order valence-corrected chi connectivity index (χ2v) is 6.12. The maximum Gasteiger partial charge on any atom is 0.252 e. The van der Waals surface area contributed by atoms with Gasteiger partial charge < -0.3 is 14.6 Å². The van der Waals surface area contributed by atoms with Crippen LogP contribution in [-0.2, 0) is 11.3 Å². The molecule has 18 heavy (non-hydrogen) atoms. The van der Waals surface area contributed by atoms with Gasteiger partial charge >= 0.3 is 0 Å². The van der Waals surface area contributed by atoms with Gasteiger partial charge in [0.1, 0.15) is 6.61 Å². The van der Waals surface area contributed by atoms with E-state index in [-0.39, 0.29) is 0 Å². The van der Waals surface area contributed by atoms with E-state index < -0.39 is 0 Å². The number of rotatable bonds is 4. The van der Waals surface area contributed by atoms with E-state index in [0.717, 1.165) is 31.8 Å². The van der Waals surface area contributed by atoms with Gasteiger partial charge in [-0.2, -0.15) is 16.7 Å². The lowest BCUT2D eigenvalue weighted by Gasteiger charge is -2.21. The van der Waals surface area contributed by atoms with Gasteiger partial charge in [0, 0.05) is 0 Å². The first-order valence-electron chi connectivity index (χ1n) is 6.68. The van der Waals surface area contributed by atoms with Crippen molar-refractivity contribution >= 4 is 11.8 Å². The fourth-order valence-electron chi connectivity index (χ4n) is 2.39. The van der Waals surface area contributed by atoms with Gasteiger partial charge in [-0.05, 0) is 44.5 Å². The fraction of sp³-hybridized carbons (Fsp3) is 0.833. The molecule has 1 N–H and O–H groups in total. The number of nitrogens with zero attached hydrogens (tertiary/aromatic N) is 2. The summed E-state index contributed by atoms with van der Waals surface area (Å²) in [5.41, 5.74) is 0. The SMILES string of the molecule is C1CSC(c2noc(COC3CCNCC3)n2)C1. The molecule has 3 heterocycles. The van der Waals surface area contributed by atoms with E-state index in [4.69, 9.17) is 9.26 Å². The van der Waals surface area contributed by atoms with Gasteiger partial charge in [-0.25, -0.2) is 0 Å². The number of nitrogens with one attached hydrogen (secondary N) is 1. The van der Waals surface area contributed by atoms with Crippen LogP contribution in [0.1, 0.15) is 42.6 Å². The summed E-state index contributed by atoms with van der Waals surface area (Å²) >= 11 is 1.92. The van der Waals surface area contributed by atoms with Crippen molar-refractivity contribution in [2.24, 2.45) is 0 Å². The van der Waals surface area contributed by atoms with Crippen molar-refractivity contribution in [1.82, 2.24) is 15.5 Å². The van der Waals surface area contributed by atoms with E-state index in [9.17, 15) is 0 Å². The maximum absolute atomic E-state index is 5.80. The summed E-state index contributed by atoms with van der Waals surface area (Å²) in [5.74, 6) is 2.68. The van der Waals surface area contributed by atoms with Crippen LogP contribution in [-0.4, -0.2) is 35.1 Å². The van der Waals surface area contributed by atoms with Gasteiger partial charge in [-0.1, -0.05) is 5.16 Å². The zero-order valence-electron chi connectivity index (χ0n) is 10.4. The second-order valence-electron chi connectivity index (χ2n) is 4.81. The highest BCUT2D eigenvalue weighted by Gasteiger charge is 2.23. The number of aromatic nitrogens is 2. The van der Waals surface area contributed by atoms with Gasteiger partial charge in [0.05, 0.1) is 11.4 Å². The molecular formula is C12H19N3O2S. The minimum Gasteiger partial charge on any atom is -0.368 e. The van der Waals surface area contributed by atoms with Crippen molar-refractivity contribution in [2.45, 2.75) is 43.6 Å². The molecule has 0 aliphatic carbocycles. The van der Waals surface area contributed by atoms with E-state index in [1.165, 1.54) is 18.6 Å². The van der Waals surface area contributed by atoms with Crippen LogP contribution >= 0.6 is 11.8 Å². The normalized spacial score (nSPS) is 25.7. The predicted molar refractivity (Wildman–Crippen MR) is 69.4 cm³/mol. The zero-order chi connectivity index (χ0) is 12.2. The smallest absolute Gasteiger partial charge is 0.252 e. The lowest BCUT2D eigenvalue weighted by molar-refractivity contribution is 0.00859. The van der Waals surface area contributed by atoms with Crippen LogP contribution in [0.25, 0.3) is 0 Å². The average molecular weight is 269 g/mol. The van der Waals surface area contributed by atoms with E-state index in [1.807, 2.05) is 11.8 Å². The first-order chi connectivity index (χ1) is 8.92.